The number of likely N-dealkylation sites (N-methyl/N-ethyl adjacent to an activating group) is 1. The number of nitrogens with zero attached hydrogens (tertiary/aromatic N) is 3. The molecule has 1 aliphatic rings. The van der Waals surface area contributed by atoms with Crippen molar-refractivity contribution in [2.24, 2.45) is 23.7 Å². The maximum atomic E-state index is 13.5. The molecule has 1 fully saturated rings. The Morgan fingerprint density at radius 1 is 0.775 bits per heavy atom. The molecular weight excluding hydrogens is 1020 g/mol. The summed E-state index contributed by atoms with van der Waals surface area (Å²) in [6.45, 7) is 24.2. The average molecular weight is 1120 g/mol. The van der Waals surface area contributed by atoms with Crippen LogP contribution in [0.1, 0.15) is 151 Å². The number of imide groups is 1. The number of urea groups is 1. The zero-order chi connectivity index (χ0) is 60.6. The smallest absolute Gasteiger partial charge is 0.315 e. The quantitative estimate of drug-likeness (QED) is 0.0265. The number of carbonyl (C=O) groups excluding carboxylic acids is 8. The van der Waals surface area contributed by atoms with Crippen molar-refractivity contribution < 1.29 is 47.8 Å². The van der Waals surface area contributed by atoms with Gasteiger partial charge in [0.15, 0.2) is 0 Å². The van der Waals surface area contributed by atoms with Crippen LogP contribution in [0.5, 0.6) is 0 Å². The third-order valence-corrected chi connectivity index (χ3v) is 14.4. The summed E-state index contributed by atoms with van der Waals surface area (Å²) < 4.78 is 11.2. The van der Waals surface area contributed by atoms with Crippen LogP contribution < -0.4 is 26.6 Å². The highest BCUT2D eigenvalue weighted by Crippen LogP contribution is 2.26. The molecule has 0 aliphatic carbocycles. The van der Waals surface area contributed by atoms with Crippen molar-refractivity contribution in [2.45, 2.75) is 190 Å². The number of ether oxygens (including phenoxy) is 2. The first-order valence-corrected chi connectivity index (χ1v) is 29.0. The summed E-state index contributed by atoms with van der Waals surface area (Å²) in [5.74, 6) is -0.132. The average Bonchev–Trinajstić information content (AvgIpc) is 3.92. The number of methoxy groups -OCH3 is 2. The summed E-state index contributed by atoms with van der Waals surface area (Å²) >= 11 is 0. The fourth-order valence-corrected chi connectivity index (χ4v) is 9.35. The molecule has 0 aromatic heterocycles. The van der Waals surface area contributed by atoms with Gasteiger partial charge in [-0.2, -0.15) is 0 Å². The van der Waals surface area contributed by atoms with E-state index in [1.54, 1.807) is 37.0 Å². The lowest BCUT2D eigenvalue weighted by molar-refractivity contribution is -0.135. The van der Waals surface area contributed by atoms with E-state index in [0.717, 1.165) is 48.1 Å². The van der Waals surface area contributed by atoms with E-state index in [2.05, 4.69) is 101 Å². The minimum atomic E-state index is -0.866. The summed E-state index contributed by atoms with van der Waals surface area (Å²) in [4.78, 5) is 100. The van der Waals surface area contributed by atoms with Crippen molar-refractivity contribution in [3.8, 4) is 0 Å². The highest BCUT2D eigenvalue weighted by atomic mass is 16.5. The van der Waals surface area contributed by atoms with Crippen LogP contribution in [0.15, 0.2) is 66.7 Å². The SMILES string of the molecule is C/C=C\C(=O)N(C=O)CCCCCC(=O)NCc1ccc(NC(=O)[C@H](Cc2ccccc2)NC(=O)C(C)C(OC)C2CCCN2C=O)cc1.CCC.CCC(C)C(C(CC)OC)N(C)C.CCC(NC(=O)NCC=O)C(C)C(C)C. The second-order valence-electron chi connectivity index (χ2n) is 21.1. The van der Waals surface area contributed by atoms with E-state index in [9.17, 15) is 38.4 Å². The number of likely N-dealkylation sites (tertiary alicyclic amines) is 1. The molecule has 2 aromatic carbocycles. The predicted molar refractivity (Wildman–Crippen MR) is 320 cm³/mol. The third-order valence-electron chi connectivity index (χ3n) is 14.4. The van der Waals surface area contributed by atoms with Gasteiger partial charge in [-0.15, -0.1) is 0 Å². The summed E-state index contributed by atoms with van der Waals surface area (Å²) in [6, 6.07) is 15.9. The molecule has 9 atom stereocenters. The molecule has 1 heterocycles. The van der Waals surface area contributed by atoms with Gasteiger partial charge in [0.05, 0.1) is 30.7 Å². The van der Waals surface area contributed by atoms with Gasteiger partial charge in [-0.05, 0) is 107 Å². The number of benzene rings is 2. The van der Waals surface area contributed by atoms with Crippen molar-refractivity contribution in [2.75, 3.05) is 53.3 Å². The number of hydrogen-bond donors (Lipinski definition) is 5. The van der Waals surface area contributed by atoms with Gasteiger partial charge in [0.1, 0.15) is 12.3 Å². The van der Waals surface area contributed by atoms with Gasteiger partial charge in [0, 0.05) is 64.5 Å². The highest BCUT2D eigenvalue weighted by molar-refractivity contribution is 5.98. The Kier molecular flexibility index (Phi) is 40.5. The van der Waals surface area contributed by atoms with Gasteiger partial charge in [-0.1, -0.05) is 137 Å². The highest BCUT2D eigenvalue weighted by Gasteiger charge is 2.38. The first-order valence-electron chi connectivity index (χ1n) is 29.0. The van der Waals surface area contributed by atoms with Crippen LogP contribution in [-0.4, -0.2) is 148 Å². The number of hydrogen-bond acceptors (Lipinski definition) is 11. The molecule has 3 rings (SSSR count). The van der Waals surface area contributed by atoms with Crippen LogP contribution in [-0.2, 0) is 56.0 Å². The van der Waals surface area contributed by atoms with Gasteiger partial charge in [0.2, 0.25) is 30.5 Å². The molecule has 0 radical (unpaired) electrons. The molecule has 1 aliphatic heterocycles. The molecule has 5 N–H and O–H groups in total. The zero-order valence-electron chi connectivity index (χ0n) is 51.4. The first-order chi connectivity index (χ1) is 38.2. The van der Waals surface area contributed by atoms with E-state index in [1.807, 2.05) is 56.5 Å². The number of amides is 8. The Labute approximate surface area is 481 Å². The lowest BCUT2D eigenvalue weighted by Crippen LogP contribution is -2.52. The van der Waals surface area contributed by atoms with Crippen molar-refractivity contribution in [1.29, 1.82) is 0 Å². The Bertz CT molecular complexity index is 2070. The van der Waals surface area contributed by atoms with E-state index in [1.165, 1.54) is 26.0 Å². The van der Waals surface area contributed by atoms with Crippen LogP contribution in [0.3, 0.4) is 0 Å². The normalized spacial score (nSPS) is 15.8. The third kappa shape index (κ3) is 28.9. The summed E-state index contributed by atoms with van der Waals surface area (Å²) in [5, 5.41) is 14.1. The molecule has 0 bridgehead atoms. The number of nitrogens with one attached hydrogen (secondary N) is 5. The number of aldehydes is 1. The van der Waals surface area contributed by atoms with Gasteiger partial charge < -0.3 is 50.7 Å². The number of anilines is 1. The van der Waals surface area contributed by atoms with Crippen LogP contribution >= 0.6 is 0 Å². The largest absolute Gasteiger partial charge is 0.380 e. The van der Waals surface area contributed by atoms with Gasteiger partial charge in [-0.25, -0.2) is 4.79 Å². The molecule has 18 heteroatoms. The van der Waals surface area contributed by atoms with Crippen molar-refractivity contribution in [3.05, 3.63) is 77.9 Å². The van der Waals surface area contributed by atoms with Gasteiger partial charge in [0.25, 0.3) is 5.91 Å². The topological polar surface area (TPSA) is 225 Å². The van der Waals surface area contributed by atoms with Crippen LogP contribution in [0.2, 0.25) is 0 Å². The molecule has 2 aromatic rings. The van der Waals surface area contributed by atoms with Gasteiger partial charge >= 0.3 is 6.03 Å². The maximum Gasteiger partial charge on any atom is 0.315 e. The minimum Gasteiger partial charge on any atom is -0.380 e. The Morgan fingerprint density at radius 2 is 1.43 bits per heavy atom. The van der Waals surface area contributed by atoms with Crippen molar-refractivity contribution in [3.63, 3.8) is 0 Å². The van der Waals surface area contributed by atoms with E-state index in [4.69, 9.17) is 9.47 Å². The number of allylic oxidation sites excluding steroid dienone is 1. The Hall–Kier alpha value is -5.98. The molecule has 0 spiro atoms. The van der Waals surface area contributed by atoms with Crippen molar-refractivity contribution in [1.82, 2.24) is 36.0 Å². The maximum absolute atomic E-state index is 13.5. The van der Waals surface area contributed by atoms with E-state index < -0.39 is 18.1 Å². The van der Waals surface area contributed by atoms with Crippen molar-refractivity contribution >= 4 is 54.5 Å². The molecule has 0 saturated carbocycles. The molecular formula is C62H104N8O10. The van der Waals surface area contributed by atoms with E-state index in [0.29, 0.717) is 93.6 Å². The summed E-state index contributed by atoms with van der Waals surface area (Å²) in [5.41, 5.74) is 2.27. The lowest BCUT2D eigenvalue weighted by Gasteiger charge is -2.35. The molecule has 1 saturated heterocycles. The monoisotopic (exact) mass is 1120 g/mol. The van der Waals surface area contributed by atoms with Gasteiger partial charge in [-0.3, -0.25) is 33.7 Å². The number of carbonyl (C=O) groups is 8. The van der Waals surface area contributed by atoms with Crippen LogP contribution in [0, 0.1) is 23.7 Å². The fraction of sp³-hybridized carbons (Fsp3) is 0.645. The van der Waals surface area contributed by atoms with Crippen LogP contribution in [0.25, 0.3) is 0 Å². The molecule has 18 nitrogen and oxygen atoms in total. The second-order valence-corrected chi connectivity index (χ2v) is 21.1. The molecule has 452 valence electrons. The fourth-order valence-electron chi connectivity index (χ4n) is 9.35. The van der Waals surface area contributed by atoms with Crippen LogP contribution in [0.4, 0.5) is 10.5 Å². The molecule has 80 heavy (non-hydrogen) atoms. The minimum absolute atomic E-state index is 0.0678. The first kappa shape index (κ1) is 74.0. The second kappa shape index (κ2) is 43.8. The Morgan fingerprint density at radius 3 is 1.94 bits per heavy atom. The van der Waals surface area contributed by atoms with E-state index in [-0.39, 0.29) is 54.7 Å². The molecule has 8 amide bonds. The summed E-state index contributed by atoms with van der Waals surface area (Å²) in [7, 11) is 7.62. The number of rotatable bonds is 32. The van der Waals surface area contributed by atoms with E-state index >= 15 is 0 Å². The zero-order valence-corrected chi connectivity index (χ0v) is 51.4. The predicted octanol–water partition coefficient (Wildman–Crippen LogP) is 8.72. The lowest BCUT2D eigenvalue weighted by atomic mass is 9.89. The number of unbranched alkanes of at least 4 members (excludes halogenated alkanes) is 2. The molecule has 8 unspecified atom stereocenters. The Balaban J connectivity index is 0.00000163. The summed E-state index contributed by atoms with van der Waals surface area (Å²) in [6.07, 6.45) is 13.3. The standard InChI is InChI=1S/C37H49N5O7.C11H22N2O2.C11H25NO.C3H8/c1-4-12-34(46)42(26-44)21-10-6-9-16-33(45)38-24-29-17-19-30(20-18-29)39-37(48)31(23-28-13-7-5-8-14-28)40-36(47)27(2)35(49-3)32-15-11-22-41(32)25-43;1-5-10(9(4)8(2)3)13-11(15)12-6-7-14;1-7-9(3)11(12(4)5)10(8-2)13-6;1-3-2/h4-5,7-8,12-14,17-20,25-27,31-32,35H,6,9-11,15-16,21-24H2,1-3H3,(H,38,45)(H,39,48)(H,40,47);7-10H,5-6H2,1-4H3,(H2,12,13,15);9-11H,7-8H2,1-6H3;3H2,1-2H3/b12-4-;;;/t27?,31-,32?,35?;;;/m0.../s1.